The first-order chi connectivity index (χ1) is 6.47. The summed E-state index contributed by atoms with van der Waals surface area (Å²) < 4.78 is 10.8. The Morgan fingerprint density at radius 2 is 1.92 bits per heavy atom. The van der Waals surface area contributed by atoms with Crippen LogP contribution in [0.3, 0.4) is 0 Å². The minimum absolute atomic E-state index is 0.741. The molecular weight excluding hydrogens is 285 g/mol. The summed E-state index contributed by atoms with van der Waals surface area (Å²) in [5.74, 6) is 1.64. The first-order valence-electron chi connectivity index (χ1n) is 3.99. The van der Waals surface area contributed by atoms with E-state index in [1.807, 2.05) is 12.1 Å². The van der Waals surface area contributed by atoms with E-state index in [9.17, 15) is 0 Å². The minimum atomic E-state index is 0.741. The summed E-state index contributed by atoms with van der Waals surface area (Å²) in [4.78, 5) is 0. The maximum atomic E-state index is 5.40. The van der Waals surface area contributed by atoms with Crippen molar-refractivity contribution in [1.82, 2.24) is 0 Å². The number of hydrogen-bond donors (Lipinski definition) is 0. The van der Waals surface area contributed by atoms with Gasteiger partial charge in [0.25, 0.3) is 0 Å². The SMILES string of the molecule is [Zn+][Br].[c-]1ccc2c(c1)OCCCO2. The van der Waals surface area contributed by atoms with Gasteiger partial charge < -0.3 is 9.47 Å². The fraction of sp³-hybridized carbons (Fsp3) is 0.333. The van der Waals surface area contributed by atoms with Crippen molar-refractivity contribution in [1.29, 1.82) is 0 Å². The molecule has 0 N–H and O–H groups in total. The van der Waals surface area contributed by atoms with Crippen molar-refractivity contribution in [3.63, 3.8) is 0 Å². The summed E-state index contributed by atoms with van der Waals surface area (Å²) in [5.41, 5.74) is 0. The average molecular weight is 294 g/mol. The molecule has 1 aromatic rings. The van der Waals surface area contributed by atoms with Crippen LogP contribution >= 0.6 is 13.6 Å². The number of benzene rings is 1. The first kappa shape index (κ1) is 11.0. The Morgan fingerprint density at radius 1 is 1.23 bits per heavy atom. The van der Waals surface area contributed by atoms with Crippen LogP contribution in [0.2, 0.25) is 0 Å². The van der Waals surface area contributed by atoms with Crippen LogP contribution in [0.1, 0.15) is 6.42 Å². The van der Waals surface area contributed by atoms with Crippen molar-refractivity contribution in [2.75, 3.05) is 13.2 Å². The van der Waals surface area contributed by atoms with Crippen molar-refractivity contribution in [3.05, 3.63) is 24.3 Å². The number of rotatable bonds is 0. The van der Waals surface area contributed by atoms with E-state index >= 15 is 0 Å². The van der Waals surface area contributed by atoms with Crippen molar-refractivity contribution < 1.29 is 25.8 Å². The molecule has 1 heterocycles. The molecule has 2 nitrogen and oxygen atoms in total. The number of ether oxygens (including phenoxy) is 2. The third-order valence-corrected chi connectivity index (χ3v) is 1.59. The smallest absolute Gasteiger partial charge is 0.0884 e. The predicted octanol–water partition coefficient (Wildman–Crippen LogP) is 2.49. The van der Waals surface area contributed by atoms with E-state index in [0.717, 1.165) is 31.1 Å². The molecule has 13 heavy (non-hydrogen) atoms. The normalized spacial score (nSPS) is 13.8. The number of halogens is 1. The Kier molecular flexibility index (Phi) is 5.41. The second-order valence-electron chi connectivity index (χ2n) is 2.42. The molecule has 66 valence electrons. The van der Waals surface area contributed by atoms with Gasteiger partial charge in [0, 0.05) is 12.2 Å². The molecule has 4 heteroatoms. The van der Waals surface area contributed by atoms with Gasteiger partial charge in [-0.15, -0.1) is 12.1 Å². The molecule has 0 radical (unpaired) electrons. The quantitative estimate of drug-likeness (QED) is 0.541. The minimum Gasteiger partial charge on any atom is -0.547 e. The van der Waals surface area contributed by atoms with Crippen LogP contribution in [0.5, 0.6) is 11.5 Å². The Hall–Kier alpha value is -0.0766. The Labute approximate surface area is 94.6 Å². The number of fused-ring (bicyclic) bond motifs is 1. The molecule has 1 aliphatic heterocycles. The van der Waals surface area contributed by atoms with Crippen LogP contribution in [-0.4, -0.2) is 13.2 Å². The molecule has 0 amide bonds. The Bertz CT molecular complexity index is 230. The zero-order valence-electron chi connectivity index (χ0n) is 7.25. The van der Waals surface area contributed by atoms with Gasteiger partial charge in [0.15, 0.2) is 0 Å². The van der Waals surface area contributed by atoms with Gasteiger partial charge in [-0.1, -0.05) is 0 Å². The Morgan fingerprint density at radius 3 is 2.69 bits per heavy atom. The van der Waals surface area contributed by atoms with Crippen LogP contribution in [0.15, 0.2) is 18.2 Å². The predicted molar refractivity (Wildman–Crippen MR) is 49.8 cm³/mol. The maximum Gasteiger partial charge on any atom is 0.0884 e. The number of hydrogen-bond acceptors (Lipinski definition) is 2. The standard InChI is InChI=1S/C9H9O2.BrH.Zn/c1-2-5-9-8(4-1)10-6-3-7-11-9;;/h1,4-5H,3,6-7H2;1H;/q-1;;+2/p-1. The van der Waals surface area contributed by atoms with Gasteiger partial charge in [-0.25, -0.2) is 0 Å². The van der Waals surface area contributed by atoms with Crippen molar-refractivity contribution in [2.24, 2.45) is 0 Å². The van der Waals surface area contributed by atoms with E-state index in [2.05, 4.69) is 19.7 Å². The molecule has 0 unspecified atom stereocenters. The van der Waals surface area contributed by atoms with Gasteiger partial charge in [0.2, 0.25) is 0 Å². The van der Waals surface area contributed by atoms with Gasteiger partial charge in [-0.2, -0.15) is 12.1 Å². The molecular formula is C9H9BrO2Zn. The van der Waals surface area contributed by atoms with E-state index in [0.29, 0.717) is 0 Å². The molecule has 2 rings (SSSR count). The maximum absolute atomic E-state index is 5.40. The summed E-state index contributed by atoms with van der Waals surface area (Å²) in [6, 6.07) is 8.45. The van der Waals surface area contributed by atoms with Gasteiger partial charge >= 0.3 is 30.0 Å². The zero-order chi connectivity index (χ0) is 9.52. The van der Waals surface area contributed by atoms with E-state index in [1.165, 1.54) is 16.3 Å². The molecule has 0 saturated carbocycles. The van der Waals surface area contributed by atoms with Gasteiger partial charge in [-0.05, 0) is 0 Å². The molecule has 0 aliphatic carbocycles. The van der Waals surface area contributed by atoms with Crippen LogP contribution in [0, 0.1) is 6.07 Å². The molecule has 1 aliphatic rings. The van der Waals surface area contributed by atoms with Crippen molar-refractivity contribution in [2.45, 2.75) is 6.42 Å². The monoisotopic (exact) mass is 292 g/mol. The molecule has 1 aromatic carbocycles. The van der Waals surface area contributed by atoms with Crippen LogP contribution in [0.4, 0.5) is 0 Å². The molecule has 0 saturated heterocycles. The molecule has 0 aromatic heterocycles. The molecule has 0 bridgehead atoms. The molecule has 0 spiro atoms. The zero-order valence-corrected chi connectivity index (χ0v) is 11.8. The van der Waals surface area contributed by atoms with Crippen LogP contribution < -0.4 is 9.47 Å². The third-order valence-electron chi connectivity index (χ3n) is 1.59. The largest absolute Gasteiger partial charge is 0.547 e. The topological polar surface area (TPSA) is 18.5 Å². The van der Waals surface area contributed by atoms with Crippen molar-refractivity contribution >= 4 is 13.6 Å². The van der Waals surface area contributed by atoms with Crippen LogP contribution in [-0.2, 0) is 16.3 Å². The second-order valence-corrected chi connectivity index (χ2v) is 2.42. The van der Waals surface area contributed by atoms with E-state index in [4.69, 9.17) is 9.47 Å². The van der Waals surface area contributed by atoms with Crippen LogP contribution in [0.25, 0.3) is 0 Å². The van der Waals surface area contributed by atoms with Crippen molar-refractivity contribution in [3.8, 4) is 11.5 Å². The summed E-state index contributed by atoms with van der Waals surface area (Å²) in [5, 5.41) is 0. The Balaban J connectivity index is 0.000000396. The summed E-state index contributed by atoms with van der Waals surface area (Å²) >= 11 is 4.25. The van der Waals surface area contributed by atoms with Gasteiger partial charge in [-0.3, -0.25) is 0 Å². The van der Waals surface area contributed by atoms with Gasteiger partial charge in [0.05, 0.1) is 19.0 Å². The average Bonchev–Trinajstić information content (AvgIpc) is 2.45. The fourth-order valence-electron chi connectivity index (χ4n) is 1.06. The fourth-order valence-corrected chi connectivity index (χ4v) is 1.06. The van der Waals surface area contributed by atoms with Gasteiger partial charge in [0.1, 0.15) is 0 Å². The first-order valence-corrected chi connectivity index (χ1v) is 10.9. The van der Waals surface area contributed by atoms with E-state index in [1.54, 1.807) is 6.07 Å². The summed E-state index contributed by atoms with van der Waals surface area (Å²) in [6.07, 6.45) is 0.953. The molecule has 0 atom stereocenters. The summed E-state index contributed by atoms with van der Waals surface area (Å²) in [7, 11) is 0. The molecule has 0 fully saturated rings. The van der Waals surface area contributed by atoms with E-state index in [-0.39, 0.29) is 0 Å². The summed E-state index contributed by atoms with van der Waals surface area (Å²) in [6.45, 7) is 1.49. The third kappa shape index (κ3) is 3.28. The second kappa shape index (κ2) is 6.39. The van der Waals surface area contributed by atoms with E-state index < -0.39 is 0 Å².